The van der Waals surface area contributed by atoms with E-state index < -0.39 is 0 Å². The fourth-order valence-electron chi connectivity index (χ4n) is 1.88. The number of carbonyl (C=O) groups is 1. The normalized spacial score (nSPS) is 24.9. The Hall–Kier alpha value is -0.610. The molecular formula is C11H23N3O. The number of carbonyl (C=O) groups excluding carboxylic acids is 1. The molecule has 88 valence electrons. The Morgan fingerprint density at radius 3 is 2.80 bits per heavy atom. The Morgan fingerprint density at radius 1 is 1.67 bits per heavy atom. The van der Waals surface area contributed by atoms with Crippen molar-refractivity contribution >= 4 is 5.91 Å². The largest absolute Gasteiger partial charge is 0.340 e. The summed E-state index contributed by atoms with van der Waals surface area (Å²) in [5, 5.41) is 3.26. The van der Waals surface area contributed by atoms with Crippen LogP contribution in [0.2, 0.25) is 0 Å². The van der Waals surface area contributed by atoms with Gasteiger partial charge in [-0.3, -0.25) is 4.79 Å². The van der Waals surface area contributed by atoms with Gasteiger partial charge in [0.2, 0.25) is 5.91 Å². The second-order valence-electron chi connectivity index (χ2n) is 4.51. The smallest absolute Gasteiger partial charge is 0.239 e. The first-order valence-electron chi connectivity index (χ1n) is 5.80. The minimum absolute atomic E-state index is 0.0815. The van der Waals surface area contributed by atoms with Gasteiger partial charge in [-0.2, -0.15) is 0 Å². The average Bonchev–Trinajstić information content (AvgIpc) is 2.78. The zero-order chi connectivity index (χ0) is 11.4. The summed E-state index contributed by atoms with van der Waals surface area (Å²) in [6, 6.07) is -0.0202. The summed E-state index contributed by atoms with van der Waals surface area (Å²) in [4.78, 5) is 13.8. The van der Waals surface area contributed by atoms with E-state index in [-0.39, 0.29) is 17.9 Å². The quantitative estimate of drug-likeness (QED) is 0.700. The summed E-state index contributed by atoms with van der Waals surface area (Å²) in [6.45, 7) is 5.99. The van der Waals surface area contributed by atoms with Gasteiger partial charge in [-0.25, -0.2) is 0 Å². The van der Waals surface area contributed by atoms with Crippen molar-refractivity contribution in [1.82, 2.24) is 10.2 Å². The van der Waals surface area contributed by atoms with Crippen molar-refractivity contribution in [2.75, 3.05) is 20.1 Å². The molecule has 1 saturated heterocycles. The average molecular weight is 213 g/mol. The van der Waals surface area contributed by atoms with Crippen LogP contribution < -0.4 is 11.1 Å². The highest BCUT2D eigenvalue weighted by Gasteiger charge is 2.28. The minimum Gasteiger partial charge on any atom is -0.340 e. The van der Waals surface area contributed by atoms with Crippen molar-refractivity contribution in [3.8, 4) is 0 Å². The Kier molecular flexibility index (Phi) is 4.54. The summed E-state index contributed by atoms with van der Waals surface area (Å²) in [5.41, 5.74) is 5.93. The number of nitrogens with zero attached hydrogens (tertiary/aromatic N) is 1. The summed E-state index contributed by atoms with van der Waals surface area (Å²) in [6.07, 6.45) is 1.99. The highest BCUT2D eigenvalue weighted by molar-refractivity contribution is 5.82. The van der Waals surface area contributed by atoms with Crippen LogP contribution in [0.1, 0.15) is 26.7 Å². The van der Waals surface area contributed by atoms with Crippen LogP contribution in [0.3, 0.4) is 0 Å². The van der Waals surface area contributed by atoms with Crippen LogP contribution in [0.15, 0.2) is 0 Å². The van der Waals surface area contributed by atoms with Crippen LogP contribution in [0.4, 0.5) is 0 Å². The van der Waals surface area contributed by atoms with E-state index >= 15 is 0 Å². The Labute approximate surface area is 92.2 Å². The number of nitrogens with one attached hydrogen (secondary N) is 1. The Balaban J connectivity index is 2.50. The van der Waals surface area contributed by atoms with Gasteiger partial charge < -0.3 is 16.0 Å². The van der Waals surface area contributed by atoms with Gasteiger partial charge in [0.15, 0.2) is 0 Å². The predicted molar refractivity (Wildman–Crippen MR) is 61.5 cm³/mol. The van der Waals surface area contributed by atoms with Gasteiger partial charge in [0.25, 0.3) is 0 Å². The molecule has 3 N–H and O–H groups in total. The van der Waals surface area contributed by atoms with E-state index in [1.807, 2.05) is 18.9 Å². The third-order valence-corrected chi connectivity index (χ3v) is 3.47. The maximum absolute atomic E-state index is 12.0. The fraction of sp³-hybridized carbons (Fsp3) is 0.909. The molecule has 15 heavy (non-hydrogen) atoms. The van der Waals surface area contributed by atoms with Crippen molar-refractivity contribution in [2.24, 2.45) is 11.7 Å². The number of hydrogen-bond acceptors (Lipinski definition) is 3. The monoisotopic (exact) mass is 213 g/mol. The molecule has 0 saturated carbocycles. The molecule has 1 rings (SSSR count). The predicted octanol–water partition coefficient (Wildman–Crippen LogP) is 0.180. The minimum atomic E-state index is -0.347. The van der Waals surface area contributed by atoms with E-state index in [4.69, 9.17) is 5.73 Å². The van der Waals surface area contributed by atoms with Gasteiger partial charge in [0, 0.05) is 19.6 Å². The van der Waals surface area contributed by atoms with Crippen LogP contribution >= 0.6 is 0 Å². The van der Waals surface area contributed by atoms with Crippen LogP contribution in [0.5, 0.6) is 0 Å². The van der Waals surface area contributed by atoms with Gasteiger partial charge >= 0.3 is 0 Å². The molecule has 0 spiro atoms. The van der Waals surface area contributed by atoms with Crippen LogP contribution in [0.25, 0.3) is 0 Å². The van der Waals surface area contributed by atoms with E-state index in [0.717, 1.165) is 25.9 Å². The third-order valence-electron chi connectivity index (χ3n) is 3.47. The molecule has 3 atom stereocenters. The summed E-state index contributed by atoms with van der Waals surface area (Å²) in [5.74, 6) is 0.340. The summed E-state index contributed by atoms with van der Waals surface area (Å²) < 4.78 is 0. The Bertz CT molecular complexity index is 214. The molecule has 3 unspecified atom stereocenters. The lowest BCUT2D eigenvalue weighted by Crippen LogP contribution is -2.49. The molecule has 1 fully saturated rings. The number of nitrogens with two attached hydrogens (primary N) is 1. The fourth-order valence-corrected chi connectivity index (χ4v) is 1.88. The van der Waals surface area contributed by atoms with E-state index in [9.17, 15) is 4.79 Å². The van der Waals surface area contributed by atoms with Gasteiger partial charge in [0.05, 0.1) is 6.04 Å². The molecule has 0 aromatic rings. The molecule has 1 amide bonds. The van der Waals surface area contributed by atoms with Crippen LogP contribution in [0, 0.1) is 5.92 Å². The molecule has 0 radical (unpaired) electrons. The maximum Gasteiger partial charge on any atom is 0.239 e. The molecule has 0 aromatic heterocycles. The molecule has 1 aliphatic heterocycles. The lowest BCUT2D eigenvalue weighted by Gasteiger charge is -2.28. The number of rotatable bonds is 4. The van der Waals surface area contributed by atoms with Crippen molar-refractivity contribution in [2.45, 2.75) is 38.8 Å². The summed E-state index contributed by atoms with van der Waals surface area (Å²) in [7, 11) is 1.86. The molecule has 4 heteroatoms. The van der Waals surface area contributed by atoms with Crippen molar-refractivity contribution in [1.29, 1.82) is 0 Å². The SMILES string of the molecule is CCC(C)C(N)C(=O)N(C)C1CCNC1. The van der Waals surface area contributed by atoms with Gasteiger partial charge in [0.1, 0.15) is 0 Å². The highest BCUT2D eigenvalue weighted by Crippen LogP contribution is 2.12. The lowest BCUT2D eigenvalue weighted by atomic mass is 9.98. The molecule has 0 bridgehead atoms. The second-order valence-corrected chi connectivity index (χ2v) is 4.51. The maximum atomic E-state index is 12.0. The number of likely N-dealkylation sites (N-methyl/N-ethyl adjacent to an activating group) is 1. The lowest BCUT2D eigenvalue weighted by molar-refractivity contribution is -0.134. The standard InChI is InChI=1S/C11H23N3O/c1-4-8(2)10(12)11(15)14(3)9-5-6-13-7-9/h8-10,13H,4-7,12H2,1-3H3. The first-order chi connectivity index (χ1) is 7.07. The Morgan fingerprint density at radius 2 is 2.33 bits per heavy atom. The van der Waals surface area contributed by atoms with Crippen molar-refractivity contribution < 1.29 is 4.79 Å². The van der Waals surface area contributed by atoms with E-state index in [1.165, 1.54) is 0 Å². The number of hydrogen-bond donors (Lipinski definition) is 2. The number of amides is 1. The van der Waals surface area contributed by atoms with Crippen molar-refractivity contribution in [3.05, 3.63) is 0 Å². The van der Waals surface area contributed by atoms with Crippen LogP contribution in [-0.4, -0.2) is 43.0 Å². The first kappa shape index (κ1) is 12.5. The zero-order valence-electron chi connectivity index (χ0n) is 9.99. The summed E-state index contributed by atoms with van der Waals surface area (Å²) >= 11 is 0. The van der Waals surface area contributed by atoms with E-state index in [0.29, 0.717) is 6.04 Å². The molecule has 0 aromatic carbocycles. The molecule has 0 aliphatic carbocycles. The third kappa shape index (κ3) is 2.92. The highest BCUT2D eigenvalue weighted by atomic mass is 16.2. The first-order valence-corrected chi connectivity index (χ1v) is 5.80. The van der Waals surface area contributed by atoms with Crippen molar-refractivity contribution in [3.63, 3.8) is 0 Å². The van der Waals surface area contributed by atoms with Gasteiger partial charge in [-0.05, 0) is 18.9 Å². The topological polar surface area (TPSA) is 58.4 Å². The van der Waals surface area contributed by atoms with Gasteiger partial charge in [-0.15, -0.1) is 0 Å². The zero-order valence-corrected chi connectivity index (χ0v) is 9.99. The molecule has 4 nitrogen and oxygen atoms in total. The van der Waals surface area contributed by atoms with Gasteiger partial charge in [-0.1, -0.05) is 20.3 Å². The van der Waals surface area contributed by atoms with E-state index in [1.54, 1.807) is 0 Å². The molecule has 1 heterocycles. The molecule has 1 aliphatic rings. The van der Waals surface area contributed by atoms with E-state index in [2.05, 4.69) is 12.2 Å². The second kappa shape index (κ2) is 5.47. The van der Waals surface area contributed by atoms with Crippen LogP contribution in [-0.2, 0) is 4.79 Å². The molecular weight excluding hydrogens is 190 g/mol.